The Kier molecular flexibility index (Phi) is 5.78. The standard InChI is InChI=1S/C21H17ClN4O2/c1-13(28-18-10-16(22)12-25-20(18)24)19-15(11-23)8-5-9-17(19)26-21(27)14-6-3-2-4-7-14/h2-10,12-13H,1H3,(H2,24,25)(H,26,27)/t13-/m0/s1. The maximum absolute atomic E-state index is 12.6. The Morgan fingerprint density at radius 2 is 2.00 bits per heavy atom. The van der Waals surface area contributed by atoms with E-state index in [1.54, 1.807) is 55.5 Å². The van der Waals surface area contributed by atoms with Gasteiger partial charge in [-0.25, -0.2) is 4.98 Å². The minimum atomic E-state index is -0.593. The zero-order valence-electron chi connectivity index (χ0n) is 15.0. The molecule has 0 aliphatic heterocycles. The average molecular weight is 393 g/mol. The first-order valence-electron chi connectivity index (χ1n) is 8.46. The molecule has 3 rings (SSSR count). The number of benzene rings is 2. The van der Waals surface area contributed by atoms with Gasteiger partial charge in [-0.3, -0.25) is 4.79 Å². The van der Waals surface area contributed by atoms with E-state index in [-0.39, 0.29) is 11.7 Å². The number of aromatic nitrogens is 1. The van der Waals surface area contributed by atoms with Crippen LogP contribution < -0.4 is 15.8 Å². The van der Waals surface area contributed by atoms with Crippen LogP contribution in [0.1, 0.15) is 34.5 Å². The summed E-state index contributed by atoms with van der Waals surface area (Å²) in [6.45, 7) is 1.76. The lowest BCUT2D eigenvalue weighted by atomic mass is 10.0. The molecular formula is C21H17ClN4O2. The highest BCUT2D eigenvalue weighted by molar-refractivity contribution is 6.30. The fourth-order valence-corrected chi connectivity index (χ4v) is 2.92. The van der Waals surface area contributed by atoms with Crippen molar-refractivity contribution < 1.29 is 9.53 Å². The van der Waals surface area contributed by atoms with Crippen LogP contribution in [0.4, 0.5) is 11.5 Å². The van der Waals surface area contributed by atoms with Gasteiger partial charge < -0.3 is 15.8 Å². The number of carbonyl (C=O) groups is 1. The number of nitrogens with zero attached hydrogens (tertiary/aromatic N) is 2. The number of halogens is 1. The number of nitrogen functional groups attached to an aromatic ring is 1. The van der Waals surface area contributed by atoms with Gasteiger partial charge in [-0.15, -0.1) is 0 Å². The van der Waals surface area contributed by atoms with Crippen LogP contribution in [0, 0.1) is 11.3 Å². The fourth-order valence-electron chi connectivity index (χ4n) is 2.77. The van der Waals surface area contributed by atoms with Crippen molar-refractivity contribution in [3.05, 3.63) is 82.5 Å². The van der Waals surface area contributed by atoms with Gasteiger partial charge in [0.15, 0.2) is 11.6 Å². The second-order valence-corrected chi connectivity index (χ2v) is 6.43. The largest absolute Gasteiger partial charge is 0.482 e. The predicted molar refractivity (Wildman–Crippen MR) is 108 cm³/mol. The molecule has 1 atom stereocenters. The molecule has 1 aromatic heterocycles. The van der Waals surface area contributed by atoms with Crippen LogP contribution in [-0.4, -0.2) is 10.9 Å². The first kappa shape index (κ1) is 19.2. The quantitative estimate of drug-likeness (QED) is 0.661. The Morgan fingerprint density at radius 3 is 2.71 bits per heavy atom. The van der Waals surface area contributed by atoms with E-state index in [4.69, 9.17) is 22.1 Å². The van der Waals surface area contributed by atoms with Crippen molar-refractivity contribution in [2.45, 2.75) is 13.0 Å². The van der Waals surface area contributed by atoms with Gasteiger partial charge in [-0.05, 0) is 31.2 Å². The van der Waals surface area contributed by atoms with Crippen LogP contribution in [0.5, 0.6) is 5.75 Å². The van der Waals surface area contributed by atoms with Gasteiger partial charge >= 0.3 is 0 Å². The molecule has 1 amide bonds. The number of pyridine rings is 1. The second-order valence-electron chi connectivity index (χ2n) is 6.00. The highest BCUT2D eigenvalue weighted by Gasteiger charge is 2.20. The number of amides is 1. The van der Waals surface area contributed by atoms with Gasteiger partial charge in [-0.1, -0.05) is 35.9 Å². The molecule has 3 aromatic rings. The second kappa shape index (κ2) is 8.42. The Hall–Kier alpha value is -3.56. The van der Waals surface area contributed by atoms with Crippen molar-refractivity contribution in [1.82, 2.24) is 4.98 Å². The molecule has 0 fully saturated rings. The number of nitrogens with two attached hydrogens (primary N) is 1. The predicted octanol–water partition coefficient (Wildman–Crippen LogP) is 4.58. The summed E-state index contributed by atoms with van der Waals surface area (Å²) in [5.74, 6) is 0.196. The van der Waals surface area contributed by atoms with Crippen molar-refractivity contribution in [3.63, 3.8) is 0 Å². The van der Waals surface area contributed by atoms with Crippen LogP contribution in [0.3, 0.4) is 0 Å². The van der Waals surface area contributed by atoms with E-state index in [1.807, 2.05) is 6.07 Å². The van der Waals surface area contributed by atoms with Crippen molar-refractivity contribution in [2.75, 3.05) is 11.1 Å². The number of hydrogen-bond donors (Lipinski definition) is 2. The third kappa shape index (κ3) is 4.22. The van der Waals surface area contributed by atoms with Crippen molar-refractivity contribution in [3.8, 4) is 11.8 Å². The van der Waals surface area contributed by atoms with Gasteiger partial charge in [0.25, 0.3) is 5.91 Å². The van der Waals surface area contributed by atoms with E-state index < -0.39 is 6.10 Å². The minimum Gasteiger partial charge on any atom is -0.482 e. The number of hydrogen-bond acceptors (Lipinski definition) is 5. The summed E-state index contributed by atoms with van der Waals surface area (Å²) in [6.07, 6.45) is 0.827. The topological polar surface area (TPSA) is 101 Å². The summed E-state index contributed by atoms with van der Waals surface area (Å²) in [5.41, 5.74) is 7.76. The number of nitriles is 1. The molecule has 0 aliphatic carbocycles. The van der Waals surface area contributed by atoms with Crippen molar-refractivity contribution in [2.24, 2.45) is 0 Å². The summed E-state index contributed by atoms with van der Waals surface area (Å²) < 4.78 is 5.91. The molecule has 1 heterocycles. The Labute approximate surface area is 167 Å². The number of carbonyl (C=O) groups excluding carboxylic acids is 1. The van der Waals surface area contributed by atoms with E-state index in [9.17, 15) is 10.1 Å². The van der Waals surface area contributed by atoms with Crippen LogP contribution in [0.25, 0.3) is 0 Å². The fraction of sp³-hybridized carbons (Fsp3) is 0.0952. The summed E-state index contributed by atoms with van der Waals surface area (Å²) in [4.78, 5) is 16.5. The lowest BCUT2D eigenvalue weighted by Gasteiger charge is -2.20. The molecule has 0 saturated carbocycles. The van der Waals surface area contributed by atoms with Gasteiger partial charge in [0.05, 0.1) is 16.7 Å². The molecule has 0 saturated heterocycles. The molecule has 2 aromatic carbocycles. The highest BCUT2D eigenvalue weighted by atomic mass is 35.5. The average Bonchev–Trinajstić information content (AvgIpc) is 2.71. The molecule has 140 valence electrons. The SMILES string of the molecule is C[C@H](Oc1cc(Cl)cnc1N)c1c(C#N)cccc1NC(=O)c1ccccc1. The lowest BCUT2D eigenvalue weighted by Crippen LogP contribution is -2.16. The summed E-state index contributed by atoms with van der Waals surface area (Å²) in [6, 6.07) is 17.6. The molecule has 0 unspecified atom stereocenters. The number of nitrogens with one attached hydrogen (secondary N) is 1. The first-order chi connectivity index (χ1) is 13.5. The molecule has 7 heteroatoms. The van der Waals surface area contributed by atoms with E-state index in [0.29, 0.717) is 33.1 Å². The van der Waals surface area contributed by atoms with Crippen molar-refractivity contribution in [1.29, 1.82) is 5.26 Å². The number of anilines is 2. The molecule has 0 aliphatic rings. The lowest BCUT2D eigenvalue weighted by molar-refractivity contribution is 0.102. The van der Waals surface area contributed by atoms with Gasteiger partial charge in [0, 0.05) is 29.1 Å². The zero-order chi connectivity index (χ0) is 20.1. The molecule has 3 N–H and O–H groups in total. The Bertz CT molecular complexity index is 1050. The third-order valence-electron chi connectivity index (χ3n) is 4.07. The molecular weight excluding hydrogens is 376 g/mol. The summed E-state index contributed by atoms with van der Waals surface area (Å²) in [5, 5.41) is 12.8. The van der Waals surface area contributed by atoms with E-state index in [2.05, 4.69) is 16.4 Å². The number of ether oxygens (including phenoxy) is 1. The van der Waals surface area contributed by atoms with E-state index in [1.165, 1.54) is 6.20 Å². The Morgan fingerprint density at radius 1 is 1.25 bits per heavy atom. The van der Waals surface area contributed by atoms with Crippen molar-refractivity contribution >= 4 is 29.0 Å². The normalized spacial score (nSPS) is 11.3. The van der Waals surface area contributed by atoms with Crippen LogP contribution >= 0.6 is 11.6 Å². The van der Waals surface area contributed by atoms with Gasteiger partial charge in [0.1, 0.15) is 6.10 Å². The molecule has 0 bridgehead atoms. The summed E-state index contributed by atoms with van der Waals surface area (Å²) >= 11 is 5.97. The third-order valence-corrected chi connectivity index (χ3v) is 4.28. The molecule has 0 spiro atoms. The zero-order valence-corrected chi connectivity index (χ0v) is 15.8. The summed E-state index contributed by atoms with van der Waals surface area (Å²) in [7, 11) is 0. The number of rotatable bonds is 5. The molecule has 0 radical (unpaired) electrons. The van der Waals surface area contributed by atoms with Crippen LogP contribution in [-0.2, 0) is 0 Å². The maximum atomic E-state index is 12.6. The monoisotopic (exact) mass is 392 g/mol. The minimum absolute atomic E-state index is 0.181. The first-order valence-corrected chi connectivity index (χ1v) is 8.84. The Balaban J connectivity index is 1.94. The maximum Gasteiger partial charge on any atom is 0.255 e. The van der Waals surface area contributed by atoms with E-state index in [0.717, 1.165) is 0 Å². The van der Waals surface area contributed by atoms with Crippen LogP contribution in [0.15, 0.2) is 60.8 Å². The molecule has 28 heavy (non-hydrogen) atoms. The van der Waals surface area contributed by atoms with Gasteiger partial charge in [-0.2, -0.15) is 5.26 Å². The molecule has 6 nitrogen and oxygen atoms in total. The smallest absolute Gasteiger partial charge is 0.255 e. The van der Waals surface area contributed by atoms with Crippen LogP contribution in [0.2, 0.25) is 5.02 Å². The highest BCUT2D eigenvalue weighted by Crippen LogP contribution is 2.33. The van der Waals surface area contributed by atoms with E-state index >= 15 is 0 Å². The van der Waals surface area contributed by atoms with Gasteiger partial charge in [0.2, 0.25) is 0 Å².